The number of aliphatic hydroxyl groups excluding tert-OH is 1. The standard InChI is InChI=1S/C17H23NO2/c1-4-7-13(2)17(20)18-16-10-9-15(14(3)12-16)8-5-6-11-19/h9-10,12-13,19H,4,6-7,11H2,1-3H3,(H,18,20). The number of aryl methyl sites for hydroxylation is 1. The second-order valence-corrected chi connectivity index (χ2v) is 4.98. The Bertz CT molecular complexity index is 511. The molecule has 3 heteroatoms. The number of hydrogen-bond acceptors (Lipinski definition) is 2. The van der Waals surface area contributed by atoms with Gasteiger partial charge in [0.2, 0.25) is 5.91 Å². The summed E-state index contributed by atoms with van der Waals surface area (Å²) in [4.78, 5) is 11.9. The molecule has 0 spiro atoms. The molecule has 2 N–H and O–H groups in total. The van der Waals surface area contributed by atoms with Crippen LogP contribution in [0.15, 0.2) is 18.2 Å². The number of anilines is 1. The van der Waals surface area contributed by atoms with E-state index >= 15 is 0 Å². The molecule has 1 unspecified atom stereocenters. The van der Waals surface area contributed by atoms with Crippen molar-refractivity contribution < 1.29 is 9.90 Å². The fraction of sp³-hybridized carbons (Fsp3) is 0.471. The van der Waals surface area contributed by atoms with Gasteiger partial charge in [-0.2, -0.15) is 0 Å². The number of carbonyl (C=O) groups is 1. The minimum atomic E-state index is 0.0318. The lowest BCUT2D eigenvalue weighted by atomic mass is 10.0. The van der Waals surface area contributed by atoms with Gasteiger partial charge in [-0.05, 0) is 37.1 Å². The predicted octanol–water partition coefficient (Wildman–Crippen LogP) is 3.10. The van der Waals surface area contributed by atoms with Crippen LogP contribution in [0.5, 0.6) is 0 Å². The van der Waals surface area contributed by atoms with Gasteiger partial charge in [-0.15, -0.1) is 0 Å². The molecular formula is C17H23NO2. The third kappa shape index (κ3) is 5.07. The lowest BCUT2D eigenvalue weighted by Gasteiger charge is -2.12. The van der Waals surface area contributed by atoms with E-state index < -0.39 is 0 Å². The van der Waals surface area contributed by atoms with Crippen molar-refractivity contribution in [3.63, 3.8) is 0 Å². The monoisotopic (exact) mass is 273 g/mol. The highest BCUT2D eigenvalue weighted by molar-refractivity contribution is 5.92. The van der Waals surface area contributed by atoms with E-state index in [2.05, 4.69) is 24.1 Å². The number of nitrogens with one attached hydrogen (secondary N) is 1. The lowest BCUT2D eigenvalue weighted by molar-refractivity contribution is -0.119. The van der Waals surface area contributed by atoms with Crippen LogP contribution in [0.1, 0.15) is 44.2 Å². The zero-order valence-corrected chi connectivity index (χ0v) is 12.5. The third-order valence-electron chi connectivity index (χ3n) is 3.12. The van der Waals surface area contributed by atoms with Crippen LogP contribution in [0.25, 0.3) is 0 Å². The first-order valence-corrected chi connectivity index (χ1v) is 7.09. The Morgan fingerprint density at radius 1 is 1.45 bits per heavy atom. The molecule has 0 saturated carbocycles. The average Bonchev–Trinajstić information content (AvgIpc) is 2.41. The van der Waals surface area contributed by atoms with Gasteiger partial charge in [0.15, 0.2) is 0 Å². The lowest BCUT2D eigenvalue weighted by Crippen LogP contribution is -2.20. The number of amides is 1. The maximum Gasteiger partial charge on any atom is 0.227 e. The van der Waals surface area contributed by atoms with Crippen LogP contribution in [0, 0.1) is 24.7 Å². The highest BCUT2D eigenvalue weighted by Gasteiger charge is 2.11. The maximum absolute atomic E-state index is 11.9. The molecule has 0 radical (unpaired) electrons. The minimum Gasteiger partial charge on any atom is -0.395 e. The van der Waals surface area contributed by atoms with E-state index in [1.54, 1.807) is 0 Å². The first-order valence-electron chi connectivity index (χ1n) is 7.09. The van der Waals surface area contributed by atoms with Crippen LogP contribution >= 0.6 is 0 Å². The average molecular weight is 273 g/mol. The largest absolute Gasteiger partial charge is 0.395 e. The van der Waals surface area contributed by atoms with Crippen LogP contribution in [-0.2, 0) is 4.79 Å². The quantitative estimate of drug-likeness (QED) is 0.810. The summed E-state index contributed by atoms with van der Waals surface area (Å²) in [5, 5.41) is 11.6. The molecule has 0 heterocycles. The second-order valence-electron chi connectivity index (χ2n) is 4.98. The molecule has 1 atom stereocenters. The Morgan fingerprint density at radius 2 is 2.20 bits per heavy atom. The molecule has 3 nitrogen and oxygen atoms in total. The molecule has 1 amide bonds. The number of rotatable bonds is 5. The summed E-state index contributed by atoms with van der Waals surface area (Å²) in [5.41, 5.74) is 2.76. The fourth-order valence-electron chi connectivity index (χ4n) is 1.92. The smallest absolute Gasteiger partial charge is 0.227 e. The van der Waals surface area contributed by atoms with Crippen LogP contribution in [0.4, 0.5) is 5.69 Å². The highest BCUT2D eigenvalue weighted by Crippen LogP contribution is 2.16. The second kappa shape index (κ2) is 8.39. The van der Waals surface area contributed by atoms with Crippen molar-refractivity contribution in [1.82, 2.24) is 0 Å². The van der Waals surface area contributed by atoms with E-state index in [1.807, 2.05) is 32.0 Å². The first-order chi connectivity index (χ1) is 9.58. The van der Waals surface area contributed by atoms with E-state index in [0.29, 0.717) is 6.42 Å². The molecule has 1 rings (SSSR count). The van der Waals surface area contributed by atoms with E-state index in [9.17, 15) is 4.79 Å². The number of aliphatic hydroxyl groups is 1. The molecule has 0 aliphatic heterocycles. The number of hydrogen-bond donors (Lipinski definition) is 2. The maximum atomic E-state index is 11.9. The van der Waals surface area contributed by atoms with Gasteiger partial charge >= 0.3 is 0 Å². The van der Waals surface area contributed by atoms with E-state index in [-0.39, 0.29) is 18.4 Å². The number of carbonyl (C=O) groups excluding carboxylic acids is 1. The summed E-state index contributed by atoms with van der Waals surface area (Å²) in [6.45, 7) is 6.07. The Morgan fingerprint density at radius 3 is 2.80 bits per heavy atom. The van der Waals surface area contributed by atoms with Gasteiger partial charge in [-0.1, -0.05) is 32.1 Å². The normalized spacial score (nSPS) is 11.4. The minimum absolute atomic E-state index is 0.0318. The molecule has 0 aliphatic rings. The van der Waals surface area contributed by atoms with Crippen molar-refractivity contribution >= 4 is 11.6 Å². The topological polar surface area (TPSA) is 49.3 Å². The molecule has 1 aromatic rings. The molecular weight excluding hydrogens is 250 g/mol. The van der Waals surface area contributed by atoms with Crippen LogP contribution < -0.4 is 5.32 Å². The summed E-state index contributed by atoms with van der Waals surface area (Å²) in [6, 6.07) is 5.70. The first kappa shape index (κ1) is 16.3. The summed E-state index contributed by atoms with van der Waals surface area (Å²) < 4.78 is 0. The fourth-order valence-corrected chi connectivity index (χ4v) is 1.92. The molecule has 1 aromatic carbocycles. The van der Waals surface area contributed by atoms with Crippen molar-refractivity contribution in [2.45, 2.75) is 40.0 Å². The SMILES string of the molecule is CCCC(C)C(=O)Nc1ccc(C#CCCO)c(C)c1. The van der Waals surface area contributed by atoms with Crippen molar-refractivity contribution in [3.8, 4) is 11.8 Å². The van der Waals surface area contributed by atoms with E-state index in [0.717, 1.165) is 29.7 Å². The van der Waals surface area contributed by atoms with E-state index in [4.69, 9.17) is 5.11 Å². The molecule has 0 saturated heterocycles. The zero-order chi connectivity index (χ0) is 15.0. The van der Waals surface area contributed by atoms with Gasteiger partial charge in [-0.3, -0.25) is 4.79 Å². The molecule has 20 heavy (non-hydrogen) atoms. The Kier molecular flexibility index (Phi) is 6.83. The Balaban J connectivity index is 2.73. The van der Waals surface area contributed by atoms with Gasteiger partial charge < -0.3 is 10.4 Å². The van der Waals surface area contributed by atoms with Crippen LogP contribution in [0.3, 0.4) is 0 Å². The van der Waals surface area contributed by atoms with Gasteiger partial charge in [0.25, 0.3) is 0 Å². The predicted molar refractivity (Wildman–Crippen MR) is 82.5 cm³/mol. The van der Waals surface area contributed by atoms with Gasteiger partial charge in [0.1, 0.15) is 0 Å². The van der Waals surface area contributed by atoms with Crippen molar-refractivity contribution in [1.29, 1.82) is 0 Å². The summed E-state index contributed by atoms with van der Waals surface area (Å²) in [5.74, 6) is 6.01. The zero-order valence-electron chi connectivity index (χ0n) is 12.5. The molecule has 108 valence electrons. The molecule has 0 bridgehead atoms. The van der Waals surface area contributed by atoms with Crippen molar-refractivity contribution in [2.24, 2.45) is 5.92 Å². The Labute approximate surface area is 121 Å². The van der Waals surface area contributed by atoms with Gasteiger partial charge in [0, 0.05) is 23.6 Å². The summed E-state index contributed by atoms with van der Waals surface area (Å²) in [7, 11) is 0. The highest BCUT2D eigenvalue weighted by atomic mass is 16.2. The van der Waals surface area contributed by atoms with Gasteiger partial charge in [-0.25, -0.2) is 0 Å². The summed E-state index contributed by atoms with van der Waals surface area (Å²) >= 11 is 0. The van der Waals surface area contributed by atoms with E-state index in [1.165, 1.54) is 0 Å². The van der Waals surface area contributed by atoms with Crippen LogP contribution in [0.2, 0.25) is 0 Å². The molecule has 0 fully saturated rings. The van der Waals surface area contributed by atoms with Crippen molar-refractivity contribution in [2.75, 3.05) is 11.9 Å². The van der Waals surface area contributed by atoms with Crippen molar-refractivity contribution in [3.05, 3.63) is 29.3 Å². The summed E-state index contributed by atoms with van der Waals surface area (Å²) in [6.07, 6.45) is 2.38. The van der Waals surface area contributed by atoms with Gasteiger partial charge in [0.05, 0.1) is 6.61 Å². The third-order valence-corrected chi connectivity index (χ3v) is 3.12. The van der Waals surface area contributed by atoms with Crippen LogP contribution in [-0.4, -0.2) is 17.6 Å². The number of benzene rings is 1. The Hall–Kier alpha value is -1.79. The molecule has 0 aliphatic carbocycles. The molecule has 0 aromatic heterocycles.